The molecule has 1 aromatic heterocycles. The van der Waals surface area contributed by atoms with Gasteiger partial charge in [0.25, 0.3) is 12.0 Å². The van der Waals surface area contributed by atoms with E-state index in [0.717, 1.165) is 0 Å². The van der Waals surface area contributed by atoms with Gasteiger partial charge in [-0.05, 0) is 11.6 Å². The lowest BCUT2D eigenvalue weighted by Gasteiger charge is -2.23. The number of rotatable bonds is 2. The van der Waals surface area contributed by atoms with Gasteiger partial charge < -0.3 is 4.74 Å². The second-order valence-corrected chi connectivity index (χ2v) is 3.45. The van der Waals surface area contributed by atoms with Gasteiger partial charge in [-0.3, -0.25) is 0 Å². The summed E-state index contributed by atoms with van der Waals surface area (Å²) in [5.41, 5.74) is 0. The number of alkyl halides is 6. The Morgan fingerprint density at radius 1 is 0.944 bits per heavy atom. The number of aromatic nitrogens is 3. The van der Waals surface area contributed by atoms with Crippen molar-refractivity contribution in [2.24, 2.45) is 0 Å². The lowest BCUT2D eigenvalue weighted by Crippen LogP contribution is -2.46. The largest absolute Gasteiger partial charge is 0.452 e. The SMILES string of the molecule is FC(F)(F)C(Oc1nc(Cl)nnc1Cl)C(F)(F)F. The Morgan fingerprint density at radius 3 is 1.89 bits per heavy atom. The number of hydrogen-bond donors (Lipinski definition) is 0. The minimum atomic E-state index is -5.70. The minimum Gasteiger partial charge on any atom is -0.452 e. The summed E-state index contributed by atoms with van der Waals surface area (Å²) in [7, 11) is 0. The van der Waals surface area contributed by atoms with Crippen molar-refractivity contribution in [3.05, 3.63) is 10.4 Å². The van der Waals surface area contributed by atoms with Crippen molar-refractivity contribution in [3.63, 3.8) is 0 Å². The number of nitrogens with zero attached hydrogens (tertiary/aromatic N) is 3. The van der Waals surface area contributed by atoms with Crippen LogP contribution in [0.15, 0.2) is 0 Å². The second-order valence-electron chi connectivity index (χ2n) is 2.76. The summed E-state index contributed by atoms with van der Waals surface area (Å²) in [6.45, 7) is 0. The van der Waals surface area contributed by atoms with Gasteiger partial charge in [0.15, 0.2) is 0 Å². The van der Waals surface area contributed by atoms with Crippen molar-refractivity contribution in [1.29, 1.82) is 0 Å². The van der Waals surface area contributed by atoms with Gasteiger partial charge in [-0.1, -0.05) is 11.6 Å². The highest BCUT2D eigenvalue weighted by molar-refractivity contribution is 6.31. The summed E-state index contributed by atoms with van der Waals surface area (Å²) >= 11 is 10.3. The van der Waals surface area contributed by atoms with Gasteiger partial charge in [-0.15, -0.1) is 10.2 Å². The van der Waals surface area contributed by atoms with Crippen LogP contribution in [0.25, 0.3) is 0 Å². The molecule has 0 radical (unpaired) electrons. The molecule has 0 atom stereocenters. The zero-order valence-corrected chi connectivity index (χ0v) is 9.36. The minimum absolute atomic E-state index is 0.711. The third-order valence-electron chi connectivity index (χ3n) is 1.41. The Hall–Kier alpha value is -1.03. The zero-order chi connectivity index (χ0) is 14.1. The van der Waals surface area contributed by atoms with Gasteiger partial charge in [-0.25, -0.2) is 0 Å². The molecular formula is C6HCl2F6N3O. The van der Waals surface area contributed by atoms with Crippen LogP contribution in [0.3, 0.4) is 0 Å². The lowest BCUT2D eigenvalue weighted by atomic mass is 10.3. The smallest absolute Gasteiger partial charge is 0.434 e. The second kappa shape index (κ2) is 4.92. The Morgan fingerprint density at radius 2 is 1.44 bits per heavy atom. The summed E-state index contributed by atoms with van der Waals surface area (Å²) in [6, 6.07) is 0. The Labute approximate surface area is 105 Å². The van der Waals surface area contributed by atoms with Crippen molar-refractivity contribution in [1.82, 2.24) is 15.2 Å². The van der Waals surface area contributed by atoms with Crippen molar-refractivity contribution in [2.45, 2.75) is 18.5 Å². The van der Waals surface area contributed by atoms with Crippen LogP contribution < -0.4 is 4.74 Å². The monoisotopic (exact) mass is 315 g/mol. The lowest BCUT2D eigenvalue weighted by molar-refractivity contribution is -0.300. The topological polar surface area (TPSA) is 47.9 Å². The molecule has 0 aliphatic carbocycles. The maximum atomic E-state index is 12.1. The molecule has 12 heteroatoms. The maximum Gasteiger partial charge on any atom is 0.434 e. The highest BCUT2D eigenvalue weighted by atomic mass is 35.5. The fourth-order valence-corrected chi connectivity index (χ4v) is 1.03. The van der Waals surface area contributed by atoms with E-state index in [1.807, 2.05) is 0 Å². The third kappa shape index (κ3) is 3.73. The average Bonchev–Trinajstić information content (AvgIpc) is 2.15. The van der Waals surface area contributed by atoms with E-state index in [9.17, 15) is 26.3 Å². The Balaban J connectivity index is 3.08. The molecule has 0 aliphatic heterocycles. The zero-order valence-electron chi connectivity index (χ0n) is 7.85. The molecule has 0 aromatic carbocycles. The highest BCUT2D eigenvalue weighted by Crippen LogP contribution is 2.37. The molecule has 1 rings (SSSR count). The predicted molar refractivity (Wildman–Crippen MR) is 46.4 cm³/mol. The van der Waals surface area contributed by atoms with Crippen LogP contribution in [-0.4, -0.2) is 33.6 Å². The van der Waals surface area contributed by atoms with E-state index in [1.165, 1.54) is 0 Å². The van der Waals surface area contributed by atoms with E-state index < -0.39 is 34.8 Å². The molecule has 18 heavy (non-hydrogen) atoms. The fraction of sp³-hybridized carbons (Fsp3) is 0.500. The van der Waals surface area contributed by atoms with E-state index in [0.29, 0.717) is 0 Å². The van der Waals surface area contributed by atoms with Gasteiger partial charge in [-0.2, -0.15) is 31.3 Å². The molecule has 1 aromatic rings. The Kier molecular flexibility index (Phi) is 4.11. The van der Waals surface area contributed by atoms with E-state index in [2.05, 4.69) is 19.9 Å². The summed E-state index contributed by atoms with van der Waals surface area (Å²) in [4.78, 5) is 2.98. The van der Waals surface area contributed by atoms with Gasteiger partial charge in [0, 0.05) is 0 Å². The van der Waals surface area contributed by atoms with Crippen molar-refractivity contribution >= 4 is 23.2 Å². The van der Waals surface area contributed by atoms with Crippen molar-refractivity contribution in [2.75, 3.05) is 0 Å². The number of halogens is 8. The molecule has 0 saturated carbocycles. The molecule has 102 valence electrons. The van der Waals surface area contributed by atoms with Gasteiger partial charge in [0.05, 0.1) is 0 Å². The average molecular weight is 316 g/mol. The molecule has 1 heterocycles. The van der Waals surface area contributed by atoms with Crippen LogP contribution in [0.4, 0.5) is 26.3 Å². The van der Waals surface area contributed by atoms with Crippen LogP contribution in [-0.2, 0) is 0 Å². The van der Waals surface area contributed by atoms with Gasteiger partial charge in [0.1, 0.15) is 0 Å². The summed E-state index contributed by atoms with van der Waals surface area (Å²) in [5.74, 6) is -1.21. The van der Waals surface area contributed by atoms with Crippen LogP contribution in [0, 0.1) is 0 Å². The summed E-state index contributed by atoms with van der Waals surface area (Å²) in [5, 5.41) is 4.37. The first-order chi connectivity index (χ1) is 8.01. The Bertz CT molecular complexity index is 422. The molecule has 0 bridgehead atoms. The molecule has 0 saturated heterocycles. The first-order valence-corrected chi connectivity index (χ1v) is 4.63. The highest BCUT2D eigenvalue weighted by Gasteiger charge is 2.59. The molecule has 0 unspecified atom stereocenters. The maximum absolute atomic E-state index is 12.1. The molecule has 0 aliphatic rings. The number of hydrogen-bond acceptors (Lipinski definition) is 4. The third-order valence-corrected chi connectivity index (χ3v) is 1.81. The molecule has 0 amide bonds. The van der Waals surface area contributed by atoms with Crippen LogP contribution in [0.1, 0.15) is 0 Å². The first kappa shape index (κ1) is 15.0. The summed E-state index contributed by atoms with van der Waals surface area (Å²) in [6.07, 6.45) is -15.5. The fourth-order valence-electron chi connectivity index (χ4n) is 0.786. The molecule has 4 nitrogen and oxygen atoms in total. The predicted octanol–water partition coefficient (Wildman–Crippen LogP) is 3.05. The van der Waals surface area contributed by atoms with E-state index in [-0.39, 0.29) is 0 Å². The number of ether oxygens (including phenoxy) is 1. The summed E-state index contributed by atoms with van der Waals surface area (Å²) < 4.78 is 76.6. The van der Waals surface area contributed by atoms with E-state index in [1.54, 1.807) is 0 Å². The molecule has 0 fully saturated rings. The normalized spacial score (nSPS) is 12.9. The molecular weight excluding hydrogens is 315 g/mol. The van der Waals surface area contributed by atoms with Crippen molar-refractivity contribution < 1.29 is 31.1 Å². The molecule has 0 spiro atoms. The van der Waals surface area contributed by atoms with E-state index >= 15 is 0 Å². The quantitative estimate of drug-likeness (QED) is 0.787. The molecule has 0 N–H and O–H groups in total. The van der Waals surface area contributed by atoms with Gasteiger partial charge >= 0.3 is 12.4 Å². The van der Waals surface area contributed by atoms with Gasteiger partial charge in [0.2, 0.25) is 10.4 Å². The van der Waals surface area contributed by atoms with Crippen LogP contribution in [0.2, 0.25) is 10.4 Å². The standard InChI is InChI=1S/C6HCl2F6N3O/c7-1-2(15-4(8)17-16-1)18-3(5(9,10)11)6(12,13)14/h3H. The van der Waals surface area contributed by atoms with Crippen LogP contribution >= 0.6 is 23.2 Å². The van der Waals surface area contributed by atoms with Crippen LogP contribution in [0.5, 0.6) is 5.88 Å². The van der Waals surface area contributed by atoms with E-state index in [4.69, 9.17) is 23.2 Å². The first-order valence-electron chi connectivity index (χ1n) is 3.87. The van der Waals surface area contributed by atoms with Crippen molar-refractivity contribution in [3.8, 4) is 5.88 Å².